The van der Waals surface area contributed by atoms with Crippen LogP contribution >= 0.6 is 27.7 Å². The van der Waals surface area contributed by atoms with Gasteiger partial charge >= 0.3 is 5.97 Å². The number of nitrogens with zero attached hydrogens (tertiary/aromatic N) is 2. The maximum atomic E-state index is 10.5. The lowest BCUT2D eigenvalue weighted by atomic mass is 10.0. The number of carbonyl (C=O) groups is 1. The van der Waals surface area contributed by atoms with Crippen molar-refractivity contribution in [2.75, 3.05) is 5.75 Å². The van der Waals surface area contributed by atoms with E-state index in [1.54, 1.807) is 0 Å². The summed E-state index contributed by atoms with van der Waals surface area (Å²) in [6, 6.07) is 5.81. The van der Waals surface area contributed by atoms with E-state index in [0.717, 1.165) is 27.5 Å². The summed E-state index contributed by atoms with van der Waals surface area (Å²) < 4.78 is 12.1. The number of halogens is 1. The topological polar surface area (TPSA) is 85.5 Å². The Kier molecular flexibility index (Phi) is 5.84. The van der Waals surface area contributed by atoms with Gasteiger partial charge in [0.15, 0.2) is 6.61 Å². The van der Waals surface area contributed by atoms with E-state index in [0.29, 0.717) is 11.8 Å². The Labute approximate surface area is 140 Å². The van der Waals surface area contributed by atoms with Crippen LogP contribution in [0, 0.1) is 0 Å². The Balaban J connectivity index is 2.00. The fraction of sp³-hybridized carbons (Fsp3) is 0.357. The zero-order valence-electron chi connectivity index (χ0n) is 12.1. The van der Waals surface area contributed by atoms with Crippen molar-refractivity contribution in [1.82, 2.24) is 10.2 Å². The molecule has 8 heteroatoms. The number of benzene rings is 1. The van der Waals surface area contributed by atoms with Gasteiger partial charge < -0.3 is 14.3 Å². The summed E-state index contributed by atoms with van der Waals surface area (Å²) in [7, 11) is 0. The van der Waals surface area contributed by atoms with Crippen LogP contribution in [0.2, 0.25) is 0 Å². The lowest BCUT2D eigenvalue weighted by molar-refractivity contribution is -0.133. The van der Waals surface area contributed by atoms with Gasteiger partial charge in [-0.15, -0.1) is 10.2 Å². The second-order valence-electron chi connectivity index (χ2n) is 4.77. The summed E-state index contributed by atoms with van der Waals surface area (Å²) in [5.74, 6) is 0.336. The second-order valence-corrected chi connectivity index (χ2v) is 6.61. The number of carboxylic acid groups (broad SMARTS) is 1. The van der Waals surface area contributed by atoms with Crippen LogP contribution in [-0.2, 0) is 11.4 Å². The molecule has 0 spiro atoms. The highest BCUT2D eigenvalue weighted by Gasteiger charge is 2.12. The monoisotopic (exact) mass is 386 g/mol. The van der Waals surface area contributed by atoms with Crippen molar-refractivity contribution in [3.8, 4) is 5.75 Å². The average Bonchev–Trinajstić information content (AvgIpc) is 2.91. The van der Waals surface area contributed by atoms with Crippen LogP contribution in [0.25, 0.3) is 0 Å². The van der Waals surface area contributed by atoms with E-state index in [2.05, 4.69) is 40.0 Å². The van der Waals surface area contributed by atoms with Crippen molar-refractivity contribution in [2.24, 2.45) is 0 Å². The summed E-state index contributed by atoms with van der Waals surface area (Å²) >= 11 is 4.43. The van der Waals surface area contributed by atoms with Gasteiger partial charge in [-0.05, 0) is 29.7 Å². The molecule has 0 saturated carbocycles. The number of aromatic nitrogens is 2. The molecule has 1 aromatic heterocycles. The van der Waals surface area contributed by atoms with Crippen molar-refractivity contribution in [3.63, 3.8) is 0 Å². The van der Waals surface area contributed by atoms with Crippen LogP contribution in [0.5, 0.6) is 5.75 Å². The van der Waals surface area contributed by atoms with E-state index in [4.69, 9.17) is 14.3 Å². The molecule has 0 atom stereocenters. The van der Waals surface area contributed by atoms with Gasteiger partial charge in [0, 0.05) is 4.47 Å². The number of ether oxygens (including phenoxy) is 1. The molecule has 6 nitrogen and oxygen atoms in total. The summed E-state index contributed by atoms with van der Waals surface area (Å²) in [6.45, 7) is 4.31. The Bertz CT molecular complexity index is 660. The minimum absolute atomic E-state index is 0.118. The largest absolute Gasteiger partial charge is 0.484 e. The van der Waals surface area contributed by atoms with Gasteiger partial charge in [0.1, 0.15) is 11.5 Å². The first-order valence-electron chi connectivity index (χ1n) is 6.55. The van der Waals surface area contributed by atoms with E-state index in [-0.39, 0.29) is 17.6 Å². The summed E-state index contributed by atoms with van der Waals surface area (Å²) in [5.41, 5.74) is 1.08. The van der Waals surface area contributed by atoms with Crippen LogP contribution in [-0.4, -0.2) is 27.0 Å². The van der Waals surface area contributed by atoms with Crippen molar-refractivity contribution in [2.45, 2.75) is 31.6 Å². The zero-order chi connectivity index (χ0) is 16.1. The van der Waals surface area contributed by atoms with Crippen molar-refractivity contribution < 1.29 is 19.1 Å². The van der Waals surface area contributed by atoms with Gasteiger partial charge in [0.25, 0.3) is 11.1 Å². The molecule has 22 heavy (non-hydrogen) atoms. The molecule has 0 unspecified atom stereocenters. The van der Waals surface area contributed by atoms with Crippen LogP contribution in [0.15, 0.2) is 32.3 Å². The van der Waals surface area contributed by atoms with Gasteiger partial charge in [-0.1, -0.05) is 41.5 Å². The molecular weight excluding hydrogens is 372 g/mol. The molecule has 0 bridgehead atoms. The Morgan fingerprint density at radius 2 is 2.23 bits per heavy atom. The maximum Gasteiger partial charge on any atom is 0.314 e. The standard InChI is InChI=1S/C14H15BrN2O4S/c1-8(2)10-5-9(15)3-4-11(10)20-6-12-16-17-14(21-12)22-7-13(18)19/h3-5,8H,6-7H2,1-2H3,(H,18,19). The number of rotatable bonds is 7. The smallest absolute Gasteiger partial charge is 0.314 e. The van der Waals surface area contributed by atoms with Crippen LogP contribution in [0.4, 0.5) is 0 Å². The Morgan fingerprint density at radius 1 is 1.45 bits per heavy atom. The lowest BCUT2D eigenvalue weighted by Crippen LogP contribution is -2.00. The van der Waals surface area contributed by atoms with E-state index in [1.165, 1.54) is 0 Å². The first-order chi connectivity index (χ1) is 10.5. The van der Waals surface area contributed by atoms with E-state index in [9.17, 15) is 4.79 Å². The van der Waals surface area contributed by atoms with Crippen LogP contribution in [0.1, 0.15) is 31.2 Å². The van der Waals surface area contributed by atoms with E-state index < -0.39 is 5.97 Å². The molecule has 2 aromatic rings. The van der Waals surface area contributed by atoms with Gasteiger partial charge in [-0.25, -0.2) is 0 Å². The lowest BCUT2D eigenvalue weighted by Gasteiger charge is -2.13. The first kappa shape index (κ1) is 16.8. The molecule has 0 radical (unpaired) electrons. The molecule has 1 aromatic carbocycles. The molecule has 1 heterocycles. The Hall–Kier alpha value is -1.54. The van der Waals surface area contributed by atoms with Gasteiger partial charge in [-0.3, -0.25) is 4.79 Å². The highest BCUT2D eigenvalue weighted by atomic mass is 79.9. The molecule has 1 N–H and O–H groups in total. The van der Waals surface area contributed by atoms with Gasteiger partial charge in [-0.2, -0.15) is 0 Å². The molecule has 0 aliphatic heterocycles. The van der Waals surface area contributed by atoms with Crippen LogP contribution < -0.4 is 4.74 Å². The maximum absolute atomic E-state index is 10.5. The highest BCUT2D eigenvalue weighted by molar-refractivity contribution is 9.10. The minimum Gasteiger partial charge on any atom is -0.484 e. The summed E-state index contributed by atoms with van der Waals surface area (Å²) in [4.78, 5) is 10.5. The molecule has 2 rings (SSSR count). The SMILES string of the molecule is CC(C)c1cc(Br)ccc1OCc1nnc(SCC(=O)O)o1. The number of aliphatic carboxylic acids is 1. The summed E-state index contributed by atoms with van der Waals surface area (Å²) in [5, 5.41) is 16.4. The van der Waals surface area contributed by atoms with Crippen molar-refractivity contribution in [1.29, 1.82) is 0 Å². The predicted octanol–water partition coefficient (Wildman–Crippen LogP) is 3.71. The quantitative estimate of drug-likeness (QED) is 0.725. The van der Waals surface area contributed by atoms with Crippen molar-refractivity contribution >= 4 is 33.7 Å². The fourth-order valence-electron chi connectivity index (χ4n) is 1.72. The van der Waals surface area contributed by atoms with Crippen LogP contribution in [0.3, 0.4) is 0 Å². The molecule has 0 amide bonds. The molecule has 0 fully saturated rings. The predicted molar refractivity (Wildman–Crippen MR) is 85.2 cm³/mol. The fourth-order valence-corrected chi connectivity index (χ4v) is 2.60. The number of thioether (sulfide) groups is 1. The third-order valence-electron chi connectivity index (χ3n) is 2.71. The third kappa shape index (κ3) is 4.74. The number of hydrogen-bond acceptors (Lipinski definition) is 6. The number of carboxylic acids is 1. The zero-order valence-corrected chi connectivity index (χ0v) is 14.5. The molecule has 0 aliphatic rings. The van der Waals surface area contributed by atoms with E-state index >= 15 is 0 Å². The minimum atomic E-state index is -0.933. The summed E-state index contributed by atoms with van der Waals surface area (Å²) in [6.07, 6.45) is 0. The van der Waals surface area contributed by atoms with E-state index in [1.807, 2.05) is 18.2 Å². The second kappa shape index (κ2) is 7.64. The average molecular weight is 387 g/mol. The molecule has 0 saturated heterocycles. The molecular formula is C14H15BrN2O4S. The highest BCUT2D eigenvalue weighted by Crippen LogP contribution is 2.30. The molecule has 118 valence electrons. The van der Waals surface area contributed by atoms with Gasteiger partial charge in [0.05, 0.1) is 0 Å². The third-order valence-corrected chi connectivity index (χ3v) is 4.01. The number of hydrogen-bond donors (Lipinski definition) is 1. The Morgan fingerprint density at radius 3 is 2.91 bits per heavy atom. The normalized spacial score (nSPS) is 10.9. The van der Waals surface area contributed by atoms with Crippen molar-refractivity contribution in [3.05, 3.63) is 34.1 Å². The molecule has 0 aliphatic carbocycles. The first-order valence-corrected chi connectivity index (χ1v) is 8.32. The van der Waals surface area contributed by atoms with Gasteiger partial charge in [0.2, 0.25) is 0 Å².